The van der Waals surface area contributed by atoms with E-state index in [4.69, 9.17) is 5.73 Å². The first-order chi connectivity index (χ1) is 4.86. The topological polar surface area (TPSA) is 82.0 Å². The van der Waals surface area contributed by atoms with Crippen LogP contribution in [0.15, 0.2) is 12.4 Å². The normalized spacial score (nSPS) is 10.4. The fourth-order valence-corrected chi connectivity index (χ4v) is 0.664. The molecule has 0 aliphatic carbocycles. The molecule has 6 nitrogen and oxygen atoms in total. The van der Waals surface area contributed by atoms with Gasteiger partial charge >= 0.3 is 0 Å². The van der Waals surface area contributed by atoms with Crippen LogP contribution in [0.4, 0.5) is 5.69 Å². The average molecular weight is 136 g/mol. The molecule has 2 N–H and O–H groups in total. The van der Waals surface area contributed by atoms with Crippen molar-refractivity contribution in [1.29, 1.82) is 0 Å². The van der Waals surface area contributed by atoms with Crippen LogP contribution in [0.1, 0.15) is 0 Å². The van der Waals surface area contributed by atoms with E-state index >= 15 is 0 Å². The van der Waals surface area contributed by atoms with Gasteiger partial charge in [0.05, 0.1) is 18.1 Å². The Labute approximate surface area is 55.7 Å². The monoisotopic (exact) mass is 136 g/mol. The van der Waals surface area contributed by atoms with Gasteiger partial charge in [0, 0.05) is 0 Å². The number of fused-ring (bicyclic) bond motifs is 1. The van der Waals surface area contributed by atoms with Gasteiger partial charge in [0.15, 0.2) is 0 Å². The first kappa shape index (κ1) is 5.10. The zero-order valence-corrected chi connectivity index (χ0v) is 4.97. The van der Waals surface area contributed by atoms with Crippen molar-refractivity contribution in [1.82, 2.24) is 25.0 Å². The molecule has 0 saturated heterocycles. The average Bonchev–Trinajstić information content (AvgIpc) is 2.33. The highest BCUT2D eigenvalue weighted by atomic mass is 15.5. The Balaban J connectivity index is 2.86. The third kappa shape index (κ3) is 0.586. The van der Waals surface area contributed by atoms with Crippen LogP contribution in [0.3, 0.4) is 0 Å². The molecule has 2 rings (SSSR count). The molecule has 2 aromatic rings. The van der Waals surface area contributed by atoms with E-state index in [9.17, 15) is 0 Å². The van der Waals surface area contributed by atoms with E-state index in [-0.39, 0.29) is 0 Å². The van der Waals surface area contributed by atoms with Gasteiger partial charge in [-0.15, -0.1) is 0 Å². The number of hydrogen-bond acceptors (Lipinski definition) is 5. The van der Waals surface area contributed by atoms with Gasteiger partial charge in [0.1, 0.15) is 0 Å². The Kier molecular flexibility index (Phi) is 0.830. The van der Waals surface area contributed by atoms with Crippen molar-refractivity contribution in [3.63, 3.8) is 0 Å². The van der Waals surface area contributed by atoms with E-state index in [2.05, 4.69) is 20.5 Å². The first-order valence-corrected chi connectivity index (χ1v) is 2.65. The number of nitrogens with zero attached hydrogens (tertiary/aromatic N) is 5. The Bertz CT molecular complexity index is 351. The molecular weight excluding hydrogens is 132 g/mol. The molecule has 10 heavy (non-hydrogen) atoms. The number of anilines is 1. The van der Waals surface area contributed by atoms with E-state index in [1.165, 1.54) is 10.7 Å². The zero-order valence-electron chi connectivity index (χ0n) is 4.97. The summed E-state index contributed by atoms with van der Waals surface area (Å²) in [6.07, 6.45) is 3.11. The maximum absolute atomic E-state index is 5.40. The Hall–Kier alpha value is -1.72. The summed E-state index contributed by atoms with van der Waals surface area (Å²) in [5.74, 6) is 0.453. The molecule has 0 unspecified atom stereocenters. The molecule has 0 aromatic carbocycles. The lowest BCUT2D eigenvalue weighted by Gasteiger charge is -1.89. The van der Waals surface area contributed by atoms with E-state index in [1.54, 1.807) is 6.20 Å². The largest absolute Gasteiger partial charge is 0.396 e. The standard InChI is InChI=1S/C4H4N6/c5-3-1-6-4-7-8-9-10(4)2-3/h1-2H,5H2. The van der Waals surface area contributed by atoms with Gasteiger partial charge < -0.3 is 5.73 Å². The van der Waals surface area contributed by atoms with Gasteiger partial charge in [-0.1, -0.05) is 5.10 Å². The second-order valence-electron chi connectivity index (χ2n) is 1.81. The molecule has 0 aliphatic heterocycles. The lowest BCUT2D eigenvalue weighted by molar-refractivity contribution is 0.822. The van der Waals surface area contributed by atoms with Crippen LogP contribution in [0, 0.1) is 0 Å². The zero-order chi connectivity index (χ0) is 6.97. The number of rotatable bonds is 0. The minimum absolute atomic E-state index is 0.453. The third-order valence-electron chi connectivity index (χ3n) is 1.08. The first-order valence-electron chi connectivity index (χ1n) is 2.65. The molecular formula is C4H4N6. The Morgan fingerprint density at radius 1 is 1.50 bits per heavy atom. The second kappa shape index (κ2) is 1.63. The highest BCUT2D eigenvalue weighted by Gasteiger charge is 1.95. The Morgan fingerprint density at radius 3 is 3.30 bits per heavy atom. The summed E-state index contributed by atoms with van der Waals surface area (Å²) in [5, 5.41) is 10.6. The summed E-state index contributed by atoms with van der Waals surface area (Å²) >= 11 is 0. The van der Waals surface area contributed by atoms with Gasteiger partial charge in [-0.25, -0.2) is 4.98 Å². The van der Waals surface area contributed by atoms with Crippen LogP contribution in [0.2, 0.25) is 0 Å². The smallest absolute Gasteiger partial charge is 0.273 e. The predicted molar refractivity (Wildman–Crippen MR) is 33.0 cm³/mol. The summed E-state index contributed by atoms with van der Waals surface area (Å²) in [7, 11) is 0. The molecule has 0 atom stereocenters. The maximum atomic E-state index is 5.40. The molecule has 50 valence electrons. The van der Waals surface area contributed by atoms with Gasteiger partial charge in [0.2, 0.25) is 0 Å². The molecule has 2 aromatic heterocycles. The summed E-state index contributed by atoms with van der Waals surface area (Å²) in [6.45, 7) is 0. The van der Waals surface area contributed by atoms with E-state index in [1.807, 2.05) is 0 Å². The van der Waals surface area contributed by atoms with Gasteiger partial charge in [-0.2, -0.15) is 4.52 Å². The molecule has 0 bridgehead atoms. The molecule has 0 fully saturated rings. The summed E-state index contributed by atoms with van der Waals surface area (Å²) in [4.78, 5) is 3.84. The van der Waals surface area contributed by atoms with E-state index in [0.29, 0.717) is 11.5 Å². The second-order valence-corrected chi connectivity index (χ2v) is 1.81. The molecule has 0 radical (unpaired) electrons. The highest BCUT2D eigenvalue weighted by molar-refractivity contribution is 5.36. The molecule has 0 saturated carbocycles. The molecule has 0 spiro atoms. The summed E-state index contributed by atoms with van der Waals surface area (Å²) in [5.41, 5.74) is 5.95. The number of hydrogen-bond donors (Lipinski definition) is 1. The van der Waals surface area contributed by atoms with Gasteiger partial charge in [-0.05, 0) is 10.4 Å². The molecule has 6 heteroatoms. The predicted octanol–water partition coefficient (Wildman–Crippen LogP) is -0.899. The minimum Gasteiger partial charge on any atom is -0.396 e. The lowest BCUT2D eigenvalue weighted by Crippen LogP contribution is -1.94. The number of nitrogen functional groups attached to an aromatic ring is 1. The SMILES string of the molecule is Nc1cnc2nnnn2c1. The van der Waals surface area contributed by atoms with Crippen molar-refractivity contribution in [2.24, 2.45) is 0 Å². The van der Waals surface area contributed by atoms with Gasteiger partial charge in [-0.3, -0.25) is 0 Å². The van der Waals surface area contributed by atoms with Crippen molar-refractivity contribution in [2.45, 2.75) is 0 Å². The van der Waals surface area contributed by atoms with Crippen LogP contribution < -0.4 is 5.73 Å². The number of aromatic nitrogens is 5. The van der Waals surface area contributed by atoms with Crippen molar-refractivity contribution in [3.8, 4) is 0 Å². The quantitative estimate of drug-likeness (QED) is 0.507. The minimum atomic E-state index is 0.453. The van der Waals surface area contributed by atoms with Crippen molar-refractivity contribution in [2.75, 3.05) is 5.73 Å². The highest BCUT2D eigenvalue weighted by Crippen LogP contribution is 1.96. The van der Waals surface area contributed by atoms with Crippen LogP contribution in [0.5, 0.6) is 0 Å². The summed E-state index contributed by atoms with van der Waals surface area (Å²) < 4.78 is 1.41. The van der Waals surface area contributed by atoms with Crippen LogP contribution in [-0.4, -0.2) is 25.0 Å². The van der Waals surface area contributed by atoms with Crippen molar-refractivity contribution < 1.29 is 0 Å². The Morgan fingerprint density at radius 2 is 2.40 bits per heavy atom. The maximum Gasteiger partial charge on any atom is 0.273 e. The third-order valence-corrected chi connectivity index (χ3v) is 1.08. The fourth-order valence-electron chi connectivity index (χ4n) is 0.664. The van der Waals surface area contributed by atoms with Gasteiger partial charge in [0.25, 0.3) is 5.78 Å². The van der Waals surface area contributed by atoms with Crippen LogP contribution >= 0.6 is 0 Å². The van der Waals surface area contributed by atoms with Crippen LogP contribution in [-0.2, 0) is 0 Å². The van der Waals surface area contributed by atoms with Crippen molar-refractivity contribution >= 4 is 11.5 Å². The van der Waals surface area contributed by atoms with Crippen molar-refractivity contribution in [3.05, 3.63) is 12.4 Å². The molecule has 0 aliphatic rings. The fraction of sp³-hybridized carbons (Fsp3) is 0. The number of tetrazole rings is 1. The van der Waals surface area contributed by atoms with E-state index < -0.39 is 0 Å². The van der Waals surface area contributed by atoms with E-state index in [0.717, 1.165) is 0 Å². The lowest BCUT2D eigenvalue weighted by atomic mass is 10.6. The summed E-state index contributed by atoms with van der Waals surface area (Å²) in [6, 6.07) is 0. The van der Waals surface area contributed by atoms with Crippen LogP contribution in [0.25, 0.3) is 5.78 Å². The number of nitrogens with two attached hydrogens (primary N) is 1. The molecule has 2 heterocycles. The molecule has 0 amide bonds.